The molecule has 1 N–H and O–H groups in total. The lowest BCUT2D eigenvalue weighted by atomic mass is 10.1. The van der Waals surface area contributed by atoms with Crippen molar-refractivity contribution in [2.24, 2.45) is 0 Å². The second-order valence-electron chi connectivity index (χ2n) is 9.01. The topological polar surface area (TPSA) is 93.5 Å². The SMILES string of the molecule is Cc1cccc(-c2ccn(-c3nc(N4CCOCC4)c4sc(NCCN5CCOCC5)nc4n3)n2)c1. The summed E-state index contributed by atoms with van der Waals surface area (Å²) in [7, 11) is 0. The number of aryl methyl sites for hydroxylation is 1. The molecule has 4 aromatic rings. The second kappa shape index (κ2) is 10.5. The standard InChI is InChI=1S/C25H30N8O2S/c1-18-3-2-4-19(17-18)20-5-7-33(30-20)24-27-22-21(23(29-24)32-11-15-35-16-12-32)36-25(28-22)26-6-8-31-9-13-34-14-10-31/h2-5,7,17H,6,8-16H2,1H3,(H,26,27,28,29). The highest BCUT2D eigenvalue weighted by atomic mass is 32.1. The van der Waals surface area contributed by atoms with Gasteiger partial charge in [0, 0.05) is 51.0 Å². The lowest BCUT2D eigenvalue weighted by Gasteiger charge is -2.28. The van der Waals surface area contributed by atoms with E-state index in [1.807, 2.05) is 18.3 Å². The molecule has 0 aliphatic carbocycles. The highest BCUT2D eigenvalue weighted by Crippen LogP contribution is 2.33. The molecule has 0 atom stereocenters. The van der Waals surface area contributed by atoms with Crippen molar-refractivity contribution < 1.29 is 9.47 Å². The van der Waals surface area contributed by atoms with Gasteiger partial charge in [0.05, 0.1) is 32.1 Å². The number of thiazole rings is 1. The predicted octanol–water partition coefficient (Wildman–Crippen LogP) is 2.83. The smallest absolute Gasteiger partial charge is 0.254 e. The van der Waals surface area contributed by atoms with Crippen LogP contribution in [0.15, 0.2) is 36.5 Å². The first kappa shape index (κ1) is 23.3. The van der Waals surface area contributed by atoms with E-state index in [1.54, 1.807) is 16.0 Å². The number of morpholine rings is 2. The molecule has 10 nitrogen and oxygen atoms in total. The van der Waals surface area contributed by atoms with Crippen LogP contribution in [0.4, 0.5) is 10.9 Å². The molecule has 1 aromatic carbocycles. The van der Waals surface area contributed by atoms with E-state index >= 15 is 0 Å². The van der Waals surface area contributed by atoms with Crippen LogP contribution in [0.2, 0.25) is 0 Å². The van der Waals surface area contributed by atoms with Crippen molar-refractivity contribution in [1.82, 2.24) is 29.6 Å². The van der Waals surface area contributed by atoms with E-state index < -0.39 is 0 Å². The van der Waals surface area contributed by atoms with Gasteiger partial charge in [-0.15, -0.1) is 0 Å². The number of fused-ring (bicyclic) bond motifs is 1. The van der Waals surface area contributed by atoms with Gasteiger partial charge in [-0.1, -0.05) is 35.1 Å². The van der Waals surface area contributed by atoms with Gasteiger partial charge in [0.1, 0.15) is 4.70 Å². The fourth-order valence-corrected chi connectivity index (χ4v) is 5.45. The van der Waals surface area contributed by atoms with Gasteiger partial charge in [0.2, 0.25) is 0 Å². The first-order chi connectivity index (χ1) is 17.7. The summed E-state index contributed by atoms with van der Waals surface area (Å²) in [4.78, 5) is 19.3. The zero-order valence-corrected chi connectivity index (χ0v) is 21.2. The number of benzene rings is 1. The van der Waals surface area contributed by atoms with E-state index in [-0.39, 0.29) is 0 Å². The van der Waals surface area contributed by atoms with Crippen LogP contribution < -0.4 is 10.2 Å². The zero-order valence-electron chi connectivity index (χ0n) is 20.4. The minimum absolute atomic E-state index is 0.521. The number of anilines is 2. The Bertz CT molecular complexity index is 1330. The van der Waals surface area contributed by atoms with Crippen LogP contribution in [0, 0.1) is 6.92 Å². The number of rotatable bonds is 7. The van der Waals surface area contributed by atoms with Crippen LogP contribution >= 0.6 is 11.3 Å². The average molecular weight is 507 g/mol. The summed E-state index contributed by atoms with van der Waals surface area (Å²) in [6, 6.07) is 10.3. The van der Waals surface area contributed by atoms with Crippen molar-refractivity contribution in [3.05, 3.63) is 42.1 Å². The largest absolute Gasteiger partial charge is 0.379 e. The number of ether oxygens (including phenoxy) is 2. The average Bonchev–Trinajstić information content (AvgIpc) is 3.57. The monoisotopic (exact) mass is 506 g/mol. The lowest BCUT2D eigenvalue weighted by molar-refractivity contribution is 0.0398. The summed E-state index contributed by atoms with van der Waals surface area (Å²) in [5, 5.41) is 9.14. The molecular formula is C25H30N8O2S. The minimum atomic E-state index is 0.521. The molecule has 6 rings (SSSR count). The molecule has 0 amide bonds. The molecular weight excluding hydrogens is 476 g/mol. The highest BCUT2D eigenvalue weighted by Gasteiger charge is 2.22. The molecule has 0 bridgehead atoms. The highest BCUT2D eigenvalue weighted by molar-refractivity contribution is 7.22. The summed E-state index contributed by atoms with van der Waals surface area (Å²) >= 11 is 1.61. The fourth-order valence-electron chi connectivity index (χ4n) is 4.51. The molecule has 0 spiro atoms. The molecule has 36 heavy (non-hydrogen) atoms. The first-order valence-electron chi connectivity index (χ1n) is 12.4. The van der Waals surface area contributed by atoms with Crippen molar-refractivity contribution in [2.75, 3.05) is 75.9 Å². The molecule has 0 unspecified atom stereocenters. The zero-order chi connectivity index (χ0) is 24.3. The first-order valence-corrected chi connectivity index (χ1v) is 13.2. The third kappa shape index (κ3) is 5.05. The molecule has 2 aliphatic heterocycles. The lowest BCUT2D eigenvalue weighted by Crippen LogP contribution is -2.38. The number of hydrogen-bond donors (Lipinski definition) is 1. The van der Waals surface area contributed by atoms with Crippen LogP contribution in [-0.2, 0) is 9.47 Å². The van der Waals surface area contributed by atoms with Crippen molar-refractivity contribution in [3.63, 3.8) is 0 Å². The van der Waals surface area contributed by atoms with Gasteiger partial charge in [-0.05, 0) is 19.1 Å². The van der Waals surface area contributed by atoms with Crippen molar-refractivity contribution >= 4 is 32.6 Å². The van der Waals surface area contributed by atoms with Crippen molar-refractivity contribution in [1.29, 1.82) is 0 Å². The molecule has 2 saturated heterocycles. The Hall–Kier alpha value is -3.12. The molecule has 188 valence electrons. The van der Waals surface area contributed by atoms with E-state index in [9.17, 15) is 0 Å². The van der Waals surface area contributed by atoms with E-state index in [4.69, 9.17) is 29.5 Å². The van der Waals surface area contributed by atoms with Gasteiger partial charge in [-0.3, -0.25) is 4.90 Å². The summed E-state index contributed by atoms with van der Waals surface area (Å²) in [6.45, 7) is 10.4. The third-order valence-corrected chi connectivity index (χ3v) is 7.45. The van der Waals surface area contributed by atoms with Gasteiger partial charge in [0.25, 0.3) is 5.95 Å². The molecule has 3 aromatic heterocycles. The molecule has 2 aliphatic rings. The number of aromatic nitrogens is 5. The quantitative estimate of drug-likeness (QED) is 0.406. The van der Waals surface area contributed by atoms with Crippen LogP contribution in [0.25, 0.3) is 27.6 Å². The van der Waals surface area contributed by atoms with Crippen molar-refractivity contribution in [3.8, 4) is 17.2 Å². The maximum absolute atomic E-state index is 5.59. The fraction of sp³-hybridized carbons (Fsp3) is 0.440. The van der Waals surface area contributed by atoms with Gasteiger partial charge in [-0.2, -0.15) is 20.1 Å². The molecule has 5 heterocycles. The Morgan fingerprint density at radius 3 is 2.58 bits per heavy atom. The molecule has 11 heteroatoms. The number of hydrogen-bond acceptors (Lipinski definition) is 10. The normalized spacial score (nSPS) is 17.1. The Kier molecular flexibility index (Phi) is 6.77. The molecule has 2 fully saturated rings. The predicted molar refractivity (Wildman–Crippen MR) is 141 cm³/mol. The summed E-state index contributed by atoms with van der Waals surface area (Å²) in [5.41, 5.74) is 3.85. The third-order valence-electron chi connectivity index (χ3n) is 6.45. The molecule has 0 radical (unpaired) electrons. The van der Waals surface area contributed by atoms with Gasteiger partial charge < -0.3 is 19.7 Å². The summed E-state index contributed by atoms with van der Waals surface area (Å²) in [6.07, 6.45) is 1.91. The summed E-state index contributed by atoms with van der Waals surface area (Å²) < 4.78 is 13.8. The van der Waals surface area contributed by atoms with E-state index in [1.165, 1.54) is 5.56 Å². The summed E-state index contributed by atoms with van der Waals surface area (Å²) in [5.74, 6) is 1.41. The Balaban J connectivity index is 1.29. The van der Waals surface area contributed by atoms with Gasteiger partial charge in [0.15, 0.2) is 16.6 Å². The van der Waals surface area contributed by atoms with Crippen LogP contribution in [0.3, 0.4) is 0 Å². The van der Waals surface area contributed by atoms with E-state index in [0.717, 1.165) is 79.4 Å². The van der Waals surface area contributed by atoms with Gasteiger partial charge in [-0.25, -0.2) is 4.68 Å². The Labute approximate surface area is 213 Å². The maximum Gasteiger partial charge on any atom is 0.254 e. The van der Waals surface area contributed by atoms with Crippen LogP contribution in [0.1, 0.15) is 5.56 Å². The Morgan fingerprint density at radius 2 is 1.78 bits per heavy atom. The minimum Gasteiger partial charge on any atom is -0.379 e. The van der Waals surface area contributed by atoms with E-state index in [2.05, 4.69) is 40.2 Å². The van der Waals surface area contributed by atoms with Gasteiger partial charge >= 0.3 is 0 Å². The number of nitrogens with zero attached hydrogens (tertiary/aromatic N) is 7. The van der Waals surface area contributed by atoms with Crippen LogP contribution in [0.5, 0.6) is 0 Å². The second-order valence-corrected chi connectivity index (χ2v) is 10.0. The van der Waals surface area contributed by atoms with Crippen molar-refractivity contribution in [2.45, 2.75) is 6.92 Å². The van der Waals surface area contributed by atoms with Crippen LogP contribution in [-0.4, -0.2) is 95.3 Å². The molecule has 0 saturated carbocycles. The van der Waals surface area contributed by atoms with E-state index in [0.29, 0.717) is 24.8 Å². The maximum atomic E-state index is 5.59. The Morgan fingerprint density at radius 1 is 0.972 bits per heavy atom. The number of nitrogens with one attached hydrogen (secondary N) is 1.